The molecule has 10 nitrogen and oxygen atoms in total. The number of hydrogen-bond donors (Lipinski definition) is 2. The quantitative estimate of drug-likeness (QED) is 0.252. The average Bonchev–Trinajstić information content (AvgIpc) is 3.41. The van der Waals surface area contributed by atoms with Crippen molar-refractivity contribution in [2.24, 2.45) is 11.3 Å². The highest BCUT2D eigenvalue weighted by molar-refractivity contribution is 5.94. The molecule has 2 heterocycles. The van der Waals surface area contributed by atoms with Crippen LogP contribution in [0.4, 0.5) is 4.79 Å². The molecule has 2 N–H and O–H groups in total. The van der Waals surface area contributed by atoms with Gasteiger partial charge in [-0.3, -0.25) is 19.0 Å². The van der Waals surface area contributed by atoms with E-state index in [-0.39, 0.29) is 49.2 Å². The van der Waals surface area contributed by atoms with Gasteiger partial charge in [-0.05, 0) is 62.5 Å². The maximum absolute atomic E-state index is 14.2. The van der Waals surface area contributed by atoms with E-state index < -0.39 is 35.9 Å². The number of hydrogen-bond acceptors (Lipinski definition) is 6. The highest BCUT2D eigenvalue weighted by Gasteiger charge is 2.36. The molecule has 3 rings (SSSR count). The van der Waals surface area contributed by atoms with Crippen LogP contribution in [0.2, 0.25) is 0 Å². The molecule has 1 aromatic carbocycles. The van der Waals surface area contributed by atoms with Gasteiger partial charge in [0.25, 0.3) is 0 Å². The van der Waals surface area contributed by atoms with Gasteiger partial charge in [0, 0.05) is 43.8 Å². The first kappa shape index (κ1) is 33.7. The van der Waals surface area contributed by atoms with E-state index in [0.29, 0.717) is 35.6 Å². The van der Waals surface area contributed by atoms with Gasteiger partial charge >= 0.3 is 6.09 Å². The molecule has 1 aromatic heterocycles. The number of aromatic nitrogens is 1. The number of likely N-dealkylation sites (tertiary alicyclic amines) is 1. The Labute approximate surface area is 276 Å². The summed E-state index contributed by atoms with van der Waals surface area (Å²) in [7, 11) is 1.26. The molecule has 1 aliphatic rings. The first-order chi connectivity index (χ1) is 22.8. The van der Waals surface area contributed by atoms with Crippen molar-refractivity contribution in [3.05, 3.63) is 36.0 Å². The summed E-state index contributed by atoms with van der Waals surface area (Å²) in [5.74, 6) is -1.93. The number of carbonyl (C=O) groups is 5. The number of benzene rings is 1. The first-order valence-corrected chi connectivity index (χ1v) is 16.6. The summed E-state index contributed by atoms with van der Waals surface area (Å²) < 4.78 is 22.5. The SMILES string of the molecule is [2H]C[C@@H]1CCC[C@H](CC)N1C(=O)C[C@@H](CC(C)(C)C)C(=O)NC(Cc1cn(C(=O)OC)c2ccc([2H])cc12)C(=O)N[C@@H](C=O)CCCC. The molecule has 1 saturated heterocycles. The van der Waals surface area contributed by atoms with Crippen LogP contribution in [0.15, 0.2) is 30.4 Å². The fraction of sp³-hybridized carbons (Fsp3) is 0.639. The van der Waals surface area contributed by atoms with Crippen molar-refractivity contribution in [3.63, 3.8) is 0 Å². The Morgan fingerprint density at radius 1 is 1.15 bits per heavy atom. The Hall–Kier alpha value is -3.69. The van der Waals surface area contributed by atoms with Crippen LogP contribution in [-0.2, 0) is 30.3 Å². The predicted octanol–water partition coefficient (Wildman–Crippen LogP) is 5.78. The van der Waals surface area contributed by atoms with Gasteiger partial charge in [-0.2, -0.15) is 0 Å². The van der Waals surface area contributed by atoms with Crippen molar-refractivity contribution in [2.45, 2.75) is 130 Å². The zero-order valence-corrected chi connectivity index (χ0v) is 28.4. The van der Waals surface area contributed by atoms with Gasteiger partial charge in [-0.1, -0.05) is 65.6 Å². The number of unbranched alkanes of at least 4 members (excludes halogenated alkanes) is 1. The minimum Gasteiger partial charge on any atom is -0.452 e. The maximum atomic E-state index is 14.2. The number of nitrogens with zero attached hydrogens (tertiary/aromatic N) is 2. The van der Waals surface area contributed by atoms with Crippen molar-refractivity contribution >= 4 is 41.0 Å². The number of piperidine rings is 1. The molecule has 46 heavy (non-hydrogen) atoms. The topological polar surface area (TPSA) is 127 Å². The Morgan fingerprint density at radius 3 is 2.54 bits per heavy atom. The third kappa shape index (κ3) is 9.66. The summed E-state index contributed by atoms with van der Waals surface area (Å²) in [5, 5.41) is 6.25. The van der Waals surface area contributed by atoms with Crippen molar-refractivity contribution < 1.29 is 31.5 Å². The number of amides is 3. The van der Waals surface area contributed by atoms with Gasteiger partial charge in [0.15, 0.2) is 0 Å². The van der Waals surface area contributed by atoms with E-state index in [2.05, 4.69) is 10.6 Å². The molecule has 0 aliphatic carbocycles. The number of carbonyl (C=O) groups excluding carboxylic acids is 5. The van der Waals surface area contributed by atoms with Gasteiger partial charge in [0.05, 0.1) is 20.0 Å². The lowest BCUT2D eigenvalue weighted by atomic mass is 9.82. The van der Waals surface area contributed by atoms with Crippen LogP contribution in [-0.4, -0.2) is 70.8 Å². The van der Waals surface area contributed by atoms with Crippen LogP contribution < -0.4 is 10.6 Å². The predicted molar refractivity (Wildman–Crippen MR) is 179 cm³/mol. The lowest BCUT2D eigenvalue weighted by molar-refractivity contribution is -0.142. The molecule has 0 saturated carbocycles. The number of para-hydroxylation sites is 1. The second-order valence-corrected chi connectivity index (χ2v) is 13.7. The van der Waals surface area contributed by atoms with Crippen molar-refractivity contribution in [1.82, 2.24) is 20.1 Å². The Kier molecular flexibility index (Phi) is 12.3. The minimum atomic E-state index is -1.15. The second-order valence-electron chi connectivity index (χ2n) is 13.7. The molecule has 1 aliphatic heterocycles. The molecule has 1 unspecified atom stereocenters. The zero-order chi connectivity index (χ0) is 35.6. The molecule has 3 amide bonds. The third-order valence-electron chi connectivity index (χ3n) is 8.79. The van der Waals surface area contributed by atoms with Crippen LogP contribution in [0.1, 0.15) is 108 Å². The fourth-order valence-electron chi connectivity index (χ4n) is 6.48. The van der Waals surface area contributed by atoms with E-state index in [1.165, 1.54) is 17.9 Å². The lowest BCUT2D eigenvalue weighted by Gasteiger charge is -2.41. The summed E-state index contributed by atoms with van der Waals surface area (Å²) in [5.41, 5.74) is 0.698. The van der Waals surface area contributed by atoms with Crippen LogP contribution >= 0.6 is 0 Å². The van der Waals surface area contributed by atoms with Crippen molar-refractivity contribution in [1.29, 1.82) is 0 Å². The van der Waals surface area contributed by atoms with E-state index in [0.717, 1.165) is 38.5 Å². The van der Waals surface area contributed by atoms with E-state index >= 15 is 0 Å². The summed E-state index contributed by atoms with van der Waals surface area (Å²) in [6.45, 7) is 10.1. The molecule has 1 fully saturated rings. The molecule has 5 atom stereocenters. The zero-order valence-electron chi connectivity index (χ0n) is 30.4. The Balaban J connectivity index is 1.99. The molecular weight excluding hydrogens is 584 g/mol. The summed E-state index contributed by atoms with van der Waals surface area (Å²) in [4.78, 5) is 68.2. The number of fused-ring (bicyclic) bond motifs is 1. The van der Waals surface area contributed by atoms with Crippen LogP contribution in [0.3, 0.4) is 0 Å². The van der Waals surface area contributed by atoms with Gasteiger partial charge in [-0.15, -0.1) is 0 Å². The number of methoxy groups -OCH3 is 1. The molecule has 0 bridgehead atoms. The number of nitrogens with one attached hydrogen (secondary N) is 2. The number of rotatable bonds is 14. The molecule has 2 aromatic rings. The van der Waals surface area contributed by atoms with E-state index in [4.69, 9.17) is 7.48 Å². The van der Waals surface area contributed by atoms with Crippen LogP contribution in [0, 0.1) is 11.3 Å². The summed E-state index contributed by atoms with van der Waals surface area (Å²) in [6, 6.07) is 2.90. The summed E-state index contributed by atoms with van der Waals surface area (Å²) >= 11 is 0. The molecule has 0 spiro atoms. The molecule has 0 radical (unpaired) electrons. The monoisotopic (exact) mass is 640 g/mol. The van der Waals surface area contributed by atoms with E-state index in [1.54, 1.807) is 18.2 Å². The normalized spacial score (nSPS) is 19.4. The second kappa shape index (κ2) is 16.7. The van der Waals surface area contributed by atoms with E-state index in [9.17, 15) is 24.0 Å². The van der Waals surface area contributed by atoms with Crippen molar-refractivity contribution in [3.8, 4) is 0 Å². The lowest BCUT2D eigenvalue weighted by Crippen LogP contribution is -2.53. The Bertz CT molecular complexity index is 1430. The van der Waals surface area contributed by atoms with Crippen LogP contribution in [0.25, 0.3) is 10.9 Å². The summed E-state index contributed by atoms with van der Waals surface area (Å²) in [6.07, 6.45) is 7.24. The standard InChI is InChI=1S/C36H54N4O6/c1-8-10-15-27(23-41)37-34(44)30(19-26-22-39(35(45)46-7)31-18-12-11-17-29(26)31)38-33(43)25(21-36(4,5)6)20-32(42)40-24(3)14-13-16-28(40)9-2/h11-12,17-18,22-25,27-28,30H,8-10,13-16,19-21H2,1-7H3,(H,37,44)(H,38,43)/t24-,25+,27-,28+,30?/m1/s1/i3D,11D. The first-order valence-electron chi connectivity index (χ1n) is 17.8. The van der Waals surface area contributed by atoms with Gasteiger partial charge in [-0.25, -0.2) is 4.79 Å². The largest absolute Gasteiger partial charge is 0.452 e. The van der Waals surface area contributed by atoms with Gasteiger partial charge in [0.2, 0.25) is 17.7 Å². The minimum absolute atomic E-state index is 0.0240. The highest BCUT2D eigenvalue weighted by Crippen LogP contribution is 2.31. The third-order valence-corrected chi connectivity index (χ3v) is 8.79. The molecular formula is C36H54N4O6. The number of ether oxygens (including phenoxy) is 1. The highest BCUT2D eigenvalue weighted by atomic mass is 16.5. The number of aldehydes is 1. The van der Waals surface area contributed by atoms with Gasteiger partial charge < -0.3 is 25.1 Å². The maximum Gasteiger partial charge on any atom is 0.418 e. The van der Waals surface area contributed by atoms with Crippen molar-refractivity contribution in [2.75, 3.05) is 7.11 Å². The van der Waals surface area contributed by atoms with Gasteiger partial charge in [0.1, 0.15) is 12.3 Å². The smallest absolute Gasteiger partial charge is 0.418 e. The molecule has 254 valence electrons. The Morgan fingerprint density at radius 2 is 1.91 bits per heavy atom. The molecule has 10 heteroatoms. The van der Waals surface area contributed by atoms with E-state index in [1.807, 2.05) is 39.5 Å². The van der Waals surface area contributed by atoms with Crippen LogP contribution in [0.5, 0.6) is 0 Å². The average molecular weight is 641 g/mol. The fourth-order valence-corrected chi connectivity index (χ4v) is 6.48.